The van der Waals surface area contributed by atoms with E-state index in [0.29, 0.717) is 54.3 Å². The van der Waals surface area contributed by atoms with Crippen LogP contribution in [0.1, 0.15) is 23.2 Å². The van der Waals surface area contributed by atoms with Crippen LogP contribution < -0.4 is 9.46 Å². The first-order valence-corrected chi connectivity index (χ1v) is 13.7. The molecule has 1 fully saturated rings. The fourth-order valence-electron chi connectivity index (χ4n) is 4.62. The van der Waals surface area contributed by atoms with Crippen molar-refractivity contribution in [2.45, 2.75) is 18.9 Å². The van der Waals surface area contributed by atoms with Crippen LogP contribution >= 0.6 is 0 Å². The van der Waals surface area contributed by atoms with Gasteiger partial charge in [0.1, 0.15) is 11.6 Å². The Hall–Kier alpha value is -3.96. The molecule has 4 aromatic rings. The number of benzene rings is 2. The summed E-state index contributed by atoms with van der Waals surface area (Å²) in [7, 11) is -1.72. The van der Waals surface area contributed by atoms with E-state index in [0.717, 1.165) is 22.9 Å². The number of hydrogen-bond acceptors (Lipinski definition) is 7. The van der Waals surface area contributed by atoms with Gasteiger partial charge in [-0.3, -0.25) is 4.79 Å². The Labute approximate surface area is 214 Å². The molecule has 0 spiro atoms. The summed E-state index contributed by atoms with van der Waals surface area (Å²) in [6.07, 6.45) is 3.91. The van der Waals surface area contributed by atoms with Crippen molar-refractivity contribution >= 4 is 27.0 Å². The standard InChI is InChI=1S/C26H27N5O5S/c1-36-25-19(4-3-11-27-25)16-6-8-23(32)20(14-16)24-28-21-7-5-17(15-22(21)29-24)26(33)31-12-9-18(10-13-31)30-37(2,34)35/h3-8,11,14-15,18,30,32H,9-10,12-13H2,1-2H3,(H,28,29). The maximum atomic E-state index is 13.1. The molecular formula is C26H27N5O5S. The summed E-state index contributed by atoms with van der Waals surface area (Å²) >= 11 is 0. The number of likely N-dealkylation sites (tertiary alicyclic amines) is 1. The molecule has 1 aliphatic rings. The van der Waals surface area contributed by atoms with Crippen LogP contribution in [0.25, 0.3) is 33.5 Å². The molecule has 37 heavy (non-hydrogen) atoms. The number of ether oxygens (including phenoxy) is 1. The Kier molecular flexibility index (Phi) is 6.57. The van der Waals surface area contributed by atoms with E-state index >= 15 is 0 Å². The first-order chi connectivity index (χ1) is 17.7. The molecule has 1 amide bonds. The number of imidazole rings is 1. The third-order valence-corrected chi connectivity index (χ3v) is 7.18. The lowest BCUT2D eigenvalue weighted by Gasteiger charge is -2.32. The van der Waals surface area contributed by atoms with E-state index in [9.17, 15) is 18.3 Å². The van der Waals surface area contributed by atoms with Crippen LogP contribution in [0.5, 0.6) is 11.6 Å². The highest BCUT2D eigenvalue weighted by Crippen LogP contribution is 2.35. The zero-order valence-electron chi connectivity index (χ0n) is 20.4. The van der Waals surface area contributed by atoms with Gasteiger partial charge in [0.2, 0.25) is 15.9 Å². The Morgan fingerprint density at radius 2 is 1.92 bits per heavy atom. The first-order valence-electron chi connectivity index (χ1n) is 11.8. The van der Waals surface area contributed by atoms with Gasteiger partial charge >= 0.3 is 0 Å². The topological polar surface area (TPSA) is 138 Å². The average molecular weight is 522 g/mol. The number of phenols is 1. The fraction of sp³-hybridized carbons (Fsp3) is 0.269. The quantitative estimate of drug-likeness (QED) is 0.354. The summed E-state index contributed by atoms with van der Waals surface area (Å²) in [5.74, 6) is 0.878. The van der Waals surface area contributed by atoms with Gasteiger partial charge in [-0.05, 0) is 60.9 Å². The van der Waals surface area contributed by atoms with Crippen molar-refractivity contribution in [3.8, 4) is 34.1 Å². The second-order valence-corrected chi connectivity index (χ2v) is 10.8. The van der Waals surface area contributed by atoms with Gasteiger partial charge in [-0.2, -0.15) is 0 Å². The number of piperidine rings is 1. The van der Waals surface area contributed by atoms with Crippen molar-refractivity contribution in [3.05, 3.63) is 60.3 Å². The Bertz CT molecular complexity index is 1580. The van der Waals surface area contributed by atoms with Crippen LogP contribution in [0, 0.1) is 0 Å². The summed E-state index contributed by atoms with van der Waals surface area (Å²) < 4.78 is 30.9. The minimum Gasteiger partial charge on any atom is -0.507 e. The number of nitrogens with zero attached hydrogens (tertiary/aromatic N) is 3. The third kappa shape index (κ3) is 5.27. The molecule has 1 aliphatic heterocycles. The van der Waals surface area contributed by atoms with E-state index in [1.807, 2.05) is 18.2 Å². The molecule has 0 aliphatic carbocycles. The molecule has 5 rings (SSSR count). The normalized spacial score (nSPS) is 14.7. The van der Waals surface area contributed by atoms with Crippen molar-refractivity contribution in [2.24, 2.45) is 0 Å². The second-order valence-electron chi connectivity index (χ2n) is 9.07. The molecule has 3 N–H and O–H groups in total. The maximum Gasteiger partial charge on any atom is 0.253 e. The van der Waals surface area contributed by atoms with Crippen molar-refractivity contribution in [1.82, 2.24) is 24.6 Å². The summed E-state index contributed by atoms with van der Waals surface area (Å²) in [6.45, 7) is 0.933. The highest BCUT2D eigenvalue weighted by molar-refractivity contribution is 7.88. The summed E-state index contributed by atoms with van der Waals surface area (Å²) in [4.78, 5) is 27.0. The van der Waals surface area contributed by atoms with Crippen LogP contribution in [0.3, 0.4) is 0 Å². The first kappa shape index (κ1) is 24.7. The predicted molar refractivity (Wildman–Crippen MR) is 140 cm³/mol. The number of H-pyrrole nitrogens is 1. The lowest BCUT2D eigenvalue weighted by Crippen LogP contribution is -2.46. The van der Waals surface area contributed by atoms with E-state index in [1.165, 1.54) is 0 Å². The van der Waals surface area contributed by atoms with Gasteiger partial charge in [-0.25, -0.2) is 23.1 Å². The number of carbonyl (C=O) groups excluding carboxylic acids is 1. The van der Waals surface area contributed by atoms with Gasteiger partial charge in [-0.15, -0.1) is 0 Å². The molecule has 0 bridgehead atoms. The smallest absolute Gasteiger partial charge is 0.253 e. The molecular weight excluding hydrogens is 494 g/mol. The van der Waals surface area contributed by atoms with E-state index < -0.39 is 10.0 Å². The molecule has 0 saturated carbocycles. The van der Waals surface area contributed by atoms with Gasteiger partial charge in [0.05, 0.1) is 30.0 Å². The third-order valence-electron chi connectivity index (χ3n) is 6.42. The number of aromatic hydroxyl groups is 1. The molecule has 2 aromatic heterocycles. The molecule has 0 radical (unpaired) electrons. The van der Waals surface area contributed by atoms with Crippen LogP contribution in [0.4, 0.5) is 0 Å². The van der Waals surface area contributed by atoms with Crippen molar-refractivity contribution in [1.29, 1.82) is 0 Å². The van der Waals surface area contributed by atoms with Gasteiger partial charge in [0.15, 0.2) is 0 Å². The molecule has 1 saturated heterocycles. The summed E-state index contributed by atoms with van der Waals surface area (Å²) in [5.41, 5.74) is 3.92. The SMILES string of the molecule is COc1ncccc1-c1ccc(O)c(-c2nc3cc(C(=O)N4CCC(NS(C)(=O)=O)CC4)ccc3[nH]2)c1. The number of nitrogens with one attached hydrogen (secondary N) is 2. The number of amides is 1. The number of rotatable bonds is 6. The summed E-state index contributed by atoms with van der Waals surface area (Å²) in [5, 5.41) is 10.6. The number of sulfonamides is 1. The lowest BCUT2D eigenvalue weighted by atomic mass is 10.0. The number of carbonyl (C=O) groups is 1. The van der Waals surface area contributed by atoms with Crippen LogP contribution in [0.15, 0.2) is 54.7 Å². The molecule has 0 atom stereocenters. The largest absolute Gasteiger partial charge is 0.507 e. The maximum absolute atomic E-state index is 13.1. The monoisotopic (exact) mass is 521 g/mol. The number of hydrogen-bond donors (Lipinski definition) is 3. The van der Waals surface area contributed by atoms with Crippen LogP contribution in [-0.4, -0.2) is 71.8 Å². The average Bonchev–Trinajstić information content (AvgIpc) is 3.31. The molecule has 3 heterocycles. The zero-order chi connectivity index (χ0) is 26.2. The van der Waals surface area contributed by atoms with E-state index in [2.05, 4.69) is 19.7 Å². The van der Waals surface area contributed by atoms with Gasteiger partial charge < -0.3 is 19.7 Å². The number of aromatic nitrogens is 3. The zero-order valence-corrected chi connectivity index (χ0v) is 21.2. The molecule has 10 nitrogen and oxygen atoms in total. The van der Waals surface area contributed by atoms with Crippen molar-refractivity contribution < 1.29 is 23.1 Å². The molecule has 11 heteroatoms. The van der Waals surface area contributed by atoms with E-state index in [4.69, 9.17) is 4.74 Å². The van der Waals surface area contributed by atoms with Crippen LogP contribution in [-0.2, 0) is 10.0 Å². The van der Waals surface area contributed by atoms with Crippen molar-refractivity contribution in [3.63, 3.8) is 0 Å². The van der Waals surface area contributed by atoms with E-state index in [1.54, 1.807) is 48.5 Å². The number of methoxy groups -OCH3 is 1. The van der Waals surface area contributed by atoms with Crippen LogP contribution in [0.2, 0.25) is 0 Å². The number of pyridine rings is 1. The fourth-order valence-corrected chi connectivity index (χ4v) is 5.46. The van der Waals surface area contributed by atoms with Crippen molar-refractivity contribution in [2.75, 3.05) is 26.5 Å². The summed E-state index contributed by atoms with van der Waals surface area (Å²) in [6, 6.07) is 14.0. The lowest BCUT2D eigenvalue weighted by molar-refractivity contribution is 0.0711. The van der Waals surface area contributed by atoms with Gasteiger partial charge in [-0.1, -0.05) is 6.07 Å². The number of aromatic amines is 1. The minimum atomic E-state index is -3.28. The predicted octanol–water partition coefficient (Wildman–Crippen LogP) is 3.16. The van der Waals surface area contributed by atoms with E-state index in [-0.39, 0.29) is 17.7 Å². The van der Waals surface area contributed by atoms with Gasteiger partial charge in [0, 0.05) is 36.5 Å². The number of fused-ring (bicyclic) bond motifs is 1. The Morgan fingerprint density at radius 3 is 2.65 bits per heavy atom. The highest BCUT2D eigenvalue weighted by Gasteiger charge is 2.25. The highest BCUT2D eigenvalue weighted by atomic mass is 32.2. The minimum absolute atomic E-state index is 0.0625. The molecule has 192 valence electrons. The molecule has 2 aromatic carbocycles. The Morgan fingerprint density at radius 1 is 1.14 bits per heavy atom. The number of phenolic OH excluding ortho intramolecular Hbond substituents is 1. The molecule has 0 unspecified atom stereocenters. The second kappa shape index (κ2) is 9.83. The van der Waals surface area contributed by atoms with Gasteiger partial charge in [0.25, 0.3) is 5.91 Å². The Balaban J connectivity index is 1.39.